The smallest absolute Gasteiger partial charge is 0.142 e. The highest BCUT2D eigenvalue weighted by Gasteiger charge is 2.14. The van der Waals surface area contributed by atoms with Crippen LogP contribution in [0.3, 0.4) is 0 Å². The number of hydrogen-bond acceptors (Lipinski definition) is 7. The second-order valence-electron chi connectivity index (χ2n) is 6.65. The van der Waals surface area contributed by atoms with E-state index in [1.807, 2.05) is 42.6 Å². The molecule has 2 aromatic carbocycles. The first kappa shape index (κ1) is 16.5. The molecular weight excluding hydrogens is 354 g/mol. The van der Waals surface area contributed by atoms with E-state index >= 15 is 0 Å². The summed E-state index contributed by atoms with van der Waals surface area (Å²) >= 11 is 0. The summed E-state index contributed by atoms with van der Waals surface area (Å²) in [4.78, 5) is 8.84. The normalized spacial score (nSPS) is 15.7. The van der Waals surface area contributed by atoms with Gasteiger partial charge in [0.05, 0.1) is 19.3 Å². The third-order valence-electron chi connectivity index (χ3n) is 4.77. The van der Waals surface area contributed by atoms with Crippen LogP contribution in [0.2, 0.25) is 0 Å². The standard InChI is InChI=1S/C20H19N7O/c28-18-11-15(20-23-8-9-24-20)4-5-17(18)27-12-16(25-26-27)13-2-1-3-14(10-13)19-21-6-7-22-19/h1-5,10-12,28H,6-9H2,(H,21,22)(H,23,24). The van der Waals surface area contributed by atoms with Gasteiger partial charge in [-0.05, 0) is 24.3 Å². The third kappa shape index (κ3) is 2.98. The van der Waals surface area contributed by atoms with Gasteiger partial charge in [0.1, 0.15) is 28.8 Å². The number of aromatic hydroxyl groups is 1. The molecule has 0 unspecified atom stereocenters. The highest BCUT2D eigenvalue weighted by atomic mass is 16.3. The van der Waals surface area contributed by atoms with Crippen LogP contribution in [-0.2, 0) is 0 Å². The first-order valence-electron chi connectivity index (χ1n) is 9.21. The Morgan fingerprint density at radius 2 is 1.57 bits per heavy atom. The van der Waals surface area contributed by atoms with E-state index in [1.54, 1.807) is 10.7 Å². The van der Waals surface area contributed by atoms with Crippen molar-refractivity contribution in [3.63, 3.8) is 0 Å². The van der Waals surface area contributed by atoms with Crippen LogP contribution in [0.1, 0.15) is 11.1 Å². The van der Waals surface area contributed by atoms with Gasteiger partial charge in [0.15, 0.2) is 0 Å². The Hall–Kier alpha value is -3.68. The average Bonchev–Trinajstić information content (AvgIpc) is 3.51. The van der Waals surface area contributed by atoms with Crippen LogP contribution in [0.15, 0.2) is 58.6 Å². The fourth-order valence-electron chi connectivity index (χ4n) is 3.39. The molecule has 0 amide bonds. The fourth-order valence-corrected chi connectivity index (χ4v) is 3.39. The lowest BCUT2D eigenvalue weighted by atomic mass is 10.1. The molecule has 1 aromatic heterocycles. The number of aromatic nitrogens is 3. The van der Waals surface area contributed by atoms with E-state index < -0.39 is 0 Å². The van der Waals surface area contributed by atoms with Gasteiger partial charge in [-0.3, -0.25) is 9.98 Å². The van der Waals surface area contributed by atoms with Crippen molar-refractivity contribution in [2.75, 3.05) is 26.2 Å². The molecule has 3 aromatic rings. The van der Waals surface area contributed by atoms with E-state index in [2.05, 4.69) is 30.9 Å². The van der Waals surface area contributed by atoms with Crippen LogP contribution in [0, 0.1) is 0 Å². The predicted molar refractivity (Wildman–Crippen MR) is 107 cm³/mol. The van der Waals surface area contributed by atoms with Crippen molar-refractivity contribution in [2.24, 2.45) is 9.98 Å². The Labute approximate surface area is 161 Å². The van der Waals surface area contributed by atoms with E-state index in [9.17, 15) is 5.11 Å². The molecule has 28 heavy (non-hydrogen) atoms. The van der Waals surface area contributed by atoms with Crippen molar-refractivity contribution in [3.8, 4) is 22.7 Å². The molecule has 0 fully saturated rings. The lowest BCUT2D eigenvalue weighted by molar-refractivity contribution is 0.469. The summed E-state index contributed by atoms with van der Waals surface area (Å²) in [7, 11) is 0. The number of hydrogen-bond donors (Lipinski definition) is 3. The van der Waals surface area contributed by atoms with Gasteiger partial charge in [0.2, 0.25) is 0 Å². The molecule has 2 aliphatic heterocycles. The Morgan fingerprint density at radius 1 is 0.857 bits per heavy atom. The van der Waals surface area contributed by atoms with Gasteiger partial charge in [0.25, 0.3) is 0 Å². The molecule has 0 bridgehead atoms. The number of aliphatic imine (C=N–C) groups is 2. The van der Waals surface area contributed by atoms with Gasteiger partial charge in [0, 0.05) is 29.8 Å². The van der Waals surface area contributed by atoms with Crippen molar-refractivity contribution >= 4 is 11.7 Å². The van der Waals surface area contributed by atoms with Crippen LogP contribution in [0.4, 0.5) is 0 Å². The zero-order valence-electron chi connectivity index (χ0n) is 15.1. The summed E-state index contributed by atoms with van der Waals surface area (Å²) in [6, 6.07) is 13.5. The average molecular weight is 373 g/mol. The van der Waals surface area contributed by atoms with Crippen LogP contribution in [0.5, 0.6) is 5.75 Å². The van der Waals surface area contributed by atoms with Gasteiger partial charge < -0.3 is 15.7 Å². The Balaban J connectivity index is 1.44. The number of rotatable bonds is 4. The molecule has 0 radical (unpaired) electrons. The summed E-state index contributed by atoms with van der Waals surface area (Å²) in [5, 5.41) is 25.4. The third-order valence-corrected chi connectivity index (χ3v) is 4.77. The summed E-state index contributed by atoms with van der Waals surface area (Å²) in [6.07, 6.45) is 1.81. The molecule has 5 rings (SSSR count). The number of nitrogens with one attached hydrogen (secondary N) is 2. The quantitative estimate of drug-likeness (QED) is 0.641. The number of phenolic OH excluding ortho intramolecular Hbond substituents is 1. The van der Waals surface area contributed by atoms with Gasteiger partial charge in [-0.25, -0.2) is 4.68 Å². The van der Waals surface area contributed by atoms with Crippen LogP contribution in [0.25, 0.3) is 16.9 Å². The molecule has 0 atom stereocenters. The van der Waals surface area contributed by atoms with Crippen molar-refractivity contribution in [3.05, 3.63) is 59.8 Å². The Bertz CT molecular complexity index is 1100. The maximum absolute atomic E-state index is 10.5. The minimum atomic E-state index is 0.128. The number of phenols is 1. The summed E-state index contributed by atoms with van der Waals surface area (Å²) < 4.78 is 1.58. The minimum absolute atomic E-state index is 0.128. The number of amidine groups is 2. The summed E-state index contributed by atoms with van der Waals surface area (Å²) in [5.74, 6) is 1.84. The molecule has 2 aliphatic rings. The van der Waals surface area contributed by atoms with Crippen molar-refractivity contribution in [2.45, 2.75) is 0 Å². The maximum Gasteiger partial charge on any atom is 0.142 e. The maximum atomic E-state index is 10.5. The second-order valence-corrected chi connectivity index (χ2v) is 6.65. The minimum Gasteiger partial charge on any atom is -0.506 e. The Morgan fingerprint density at radius 3 is 2.25 bits per heavy atom. The molecule has 0 spiro atoms. The topological polar surface area (TPSA) is 99.7 Å². The van der Waals surface area contributed by atoms with E-state index in [4.69, 9.17) is 0 Å². The summed E-state index contributed by atoms with van der Waals surface area (Å²) in [5.41, 5.74) is 4.13. The molecule has 0 saturated carbocycles. The van der Waals surface area contributed by atoms with Gasteiger partial charge in [-0.2, -0.15) is 0 Å². The van der Waals surface area contributed by atoms with Gasteiger partial charge in [-0.1, -0.05) is 23.4 Å². The highest BCUT2D eigenvalue weighted by molar-refractivity contribution is 6.01. The van der Waals surface area contributed by atoms with Crippen LogP contribution in [-0.4, -0.2) is 58.0 Å². The first-order valence-corrected chi connectivity index (χ1v) is 9.21. The molecule has 8 heteroatoms. The van der Waals surface area contributed by atoms with Crippen LogP contribution >= 0.6 is 0 Å². The first-order chi connectivity index (χ1) is 13.8. The predicted octanol–water partition coefficient (Wildman–Crippen LogP) is 1.34. The van der Waals surface area contributed by atoms with Crippen molar-refractivity contribution in [1.82, 2.24) is 25.6 Å². The summed E-state index contributed by atoms with van der Waals surface area (Å²) in [6.45, 7) is 3.25. The highest BCUT2D eigenvalue weighted by Crippen LogP contribution is 2.25. The number of nitrogens with zero attached hydrogens (tertiary/aromatic N) is 5. The fraction of sp³-hybridized carbons (Fsp3) is 0.200. The molecule has 3 N–H and O–H groups in total. The largest absolute Gasteiger partial charge is 0.506 e. The SMILES string of the molecule is Oc1cc(C2=NCCN2)ccc1-n1cc(-c2cccc(C3=NCCN3)c2)nn1. The molecule has 140 valence electrons. The van der Waals surface area contributed by atoms with E-state index in [0.29, 0.717) is 5.69 Å². The molecule has 0 aliphatic carbocycles. The van der Waals surface area contributed by atoms with Crippen molar-refractivity contribution in [1.29, 1.82) is 0 Å². The molecule has 8 nitrogen and oxygen atoms in total. The molecule has 3 heterocycles. The van der Waals surface area contributed by atoms with Crippen molar-refractivity contribution < 1.29 is 5.11 Å². The Kier molecular flexibility index (Phi) is 4.01. The molecular formula is C20H19N7O. The van der Waals surface area contributed by atoms with Gasteiger partial charge in [-0.15, -0.1) is 5.10 Å². The van der Waals surface area contributed by atoms with E-state index in [0.717, 1.165) is 60.2 Å². The van der Waals surface area contributed by atoms with Gasteiger partial charge >= 0.3 is 0 Å². The zero-order chi connectivity index (χ0) is 18.9. The number of benzene rings is 2. The zero-order valence-corrected chi connectivity index (χ0v) is 15.1. The second kappa shape index (κ2) is 6.80. The van der Waals surface area contributed by atoms with E-state index in [-0.39, 0.29) is 5.75 Å². The lowest BCUT2D eigenvalue weighted by Crippen LogP contribution is -2.19. The lowest BCUT2D eigenvalue weighted by Gasteiger charge is -2.07. The van der Waals surface area contributed by atoms with Crippen LogP contribution < -0.4 is 10.6 Å². The van der Waals surface area contributed by atoms with E-state index in [1.165, 1.54) is 0 Å². The molecule has 0 saturated heterocycles. The monoisotopic (exact) mass is 373 g/mol.